The summed E-state index contributed by atoms with van der Waals surface area (Å²) in [6.45, 7) is 2.26. The van der Waals surface area contributed by atoms with Gasteiger partial charge in [-0.05, 0) is 72.6 Å². The van der Waals surface area contributed by atoms with Crippen LogP contribution < -0.4 is 10.6 Å². The molecule has 0 aromatic heterocycles. The van der Waals surface area contributed by atoms with Gasteiger partial charge in [0.05, 0.1) is 0 Å². The SMILES string of the molecule is c1cc2cc(NCC3CCCCC3)ccc2cc1NCC1CCCCC1. The molecule has 2 heteroatoms. The number of anilines is 2. The van der Waals surface area contributed by atoms with Crippen LogP contribution >= 0.6 is 0 Å². The number of hydrogen-bond acceptors (Lipinski definition) is 2. The zero-order valence-electron chi connectivity index (χ0n) is 16.1. The van der Waals surface area contributed by atoms with Crippen molar-refractivity contribution in [2.75, 3.05) is 23.7 Å². The molecular formula is C24H34N2. The van der Waals surface area contributed by atoms with E-state index in [-0.39, 0.29) is 0 Å². The van der Waals surface area contributed by atoms with Crippen LogP contribution in [0.5, 0.6) is 0 Å². The number of rotatable bonds is 6. The van der Waals surface area contributed by atoms with Crippen molar-refractivity contribution in [1.29, 1.82) is 0 Å². The predicted octanol–water partition coefficient (Wildman–Crippen LogP) is 6.82. The van der Waals surface area contributed by atoms with Crippen molar-refractivity contribution in [3.8, 4) is 0 Å². The van der Waals surface area contributed by atoms with E-state index >= 15 is 0 Å². The molecule has 0 bridgehead atoms. The fraction of sp³-hybridized carbons (Fsp3) is 0.583. The fourth-order valence-electron chi connectivity index (χ4n) is 4.77. The molecule has 2 aliphatic rings. The number of benzene rings is 2. The van der Waals surface area contributed by atoms with Crippen molar-refractivity contribution in [1.82, 2.24) is 0 Å². The summed E-state index contributed by atoms with van der Waals surface area (Å²) >= 11 is 0. The first-order valence-electron chi connectivity index (χ1n) is 10.9. The third-order valence-electron chi connectivity index (χ3n) is 6.48. The van der Waals surface area contributed by atoms with E-state index in [0.717, 1.165) is 24.9 Å². The van der Waals surface area contributed by atoms with Gasteiger partial charge in [-0.15, -0.1) is 0 Å². The number of nitrogens with one attached hydrogen (secondary N) is 2. The topological polar surface area (TPSA) is 24.1 Å². The summed E-state index contributed by atoms with van der Waals surface area (Å²) in [4.78, 5) is 0. The molecule has 0 unspecified atom stereocenters. The summed E-state index contributed by atoms with van der Waals surface area (Å²) in [7, 11) is 0. The molecule has 0 atom stereocenters. The second kappa shape index (κ2) is 8.79. The molecule has 26 heavy (non-hydrogen) atoms. The third kappa shape index (κ3) is 4.72. The quantitative estimate of drug-likeness (QED) is 0.597. The van der Waals surface area contributed by atoms with Gasteiger partial charge in [0.15, 0.2) is 0 Å². The minimum absolute atomic E-state index is 0.866. The summed E-state index contributed by atoms with van der Waals surface area (Å²) < 4.78 is 0. The van der Waals surface area contributed by atoms with Gasteiger partial charge < -0.3 is 10.6 Å². The van der Waals surface area contributed by atoms with Crippen LogP contribution in [-0.4, -0.2) is 13.1 Å². The fourth-order valence-corrected chi connectivity index (χ4v) is 4.77. The van der Waals surface area contributed by atoms with E-state index in [2.05, 4.69) is 47.0 Å². The zero-order valence-corrected chi connectivity index (χ0v) is 16.1. The highest BCUT2D eigenvalue weighted by atomic mass is 14.9. The Hall–Kier alpha value is -1.70. The smallest absolute Gasteiger partial charge is 0.0346 e. The first kappa shape index (κ1) is 17.7. The molecule has 2 aliphatic carbocycles. The summed E-state index contributed by atoms with van der Waals surface area (Å²) in [5.74, 6) is 1.73. The van der Waals surface area contributed by atoms with E-state index in [1.165, 1.54) is 86.4 Å². The Morgan fingerprint density at radius 3 is 1.42 bits per heavy atom. The Morgan fingerprint density at radius 2 is 1.00 bits per heavy atom. The molecule has 4 rings (SSSR count). The van der Waals surface area contributed by atoms with Gasteiger partial charge in [-0.1, -0.05) is 50.7 Å². The highest BCUT2D eigenvalue weighted by molar-refractivity contribution is 5.88. The maximum Gasteiger partial charge on any atom is 0.0346 e. The van der Waals surface area contributed by atoms with Gasteiger partial charge in [-0.3, -0.25) is 0 Å². The molecule has 2 fully saturated rings. The molecule has 0 spiro atoms. The molecular weight excluding hydrogens is 316 g/mol. The zero-order chi connectivity index (χ0) is 17.6. The normalized spacial score (nSPS) is 19.5. The van der Waals surface area contributed by atoms with E-state index < -0.39 is 0 Å². The Balaban J connectivity index is 1.34. The molecule has 0 saturated heterocycles. The van der Waals surface area contributed by atoms with Crippen molar-refractivity contribution < 1.29 is 0 Å². The summed E-state index contributed by atoms with van der Waals surface area (Å²) in [6, 6.07) is 13.6. The van der Waals surface area contributed by atoms with Crippen LogP contribution in [0.4, 0.5) is 11.4 Å². The van der Waals surface area contributed by atoms with Crippen molar-refractivity contribution in [2.45, 2.75) is 64.2 Å². The van der Waals surface area contributed by atoms with Crippen LogP contribution in [0.2, 0.25) is 0 Å². The Bertz CT molecular complexity index is 635. The maximum atomic E-state index is 3.67. The van der Waals surface area contributed by atoms with Gasteiger partial charge >= 0.3 is 0 Å². The minimum atomic E-state index is 0.866. The lowest BCUT2D eigenvalue weighted by molar-refractivity contribution is 0.373. The van der Waals surface area contributed by atoms with Gasteiger partial charge in [0.1, 0.15) is 0 Å². The average Bonchev–Trinajstić information content (AvgIpc) is 2.72. The van der Waals surface area contributed by atoms with E-state index in [9.17, 15) is 0 Å². The first-order chi connectivity index (χ1) is 12.9. The van der Waals surface area contributed by atoms with Gasteiger partial charge in [0.2, 0.25) is 0 Å². The Morgan fingerprint density at radius 1 is 0.577 bits per heavy atom. The van der Waals surface area contributed by atoms with E-state index in [1.807, 2.05) is 0 Å². The lowest BCUT2D eigenvalue weighted by Crippen LogP contribution is -2.17. The van der Waals surface area contributed by atoms with Crippen LogP contribution in [-0.2, 0) is 0 Å². The van der Waals surface area contributed by atoms with Crippen molar-refractivity contribution in [3.63, 3.8) is 0 Å². The molecule has 140 valence electrons. The average molecular weight is 351 g/mol. The van der Waals surface area contributed by atoms with Crippen molar-refractivity contribution in [2.24, 2.45) is 11.8 Å². The van der Waals surface area contributed by atoms with Crippen LogP contribution in [0.1, 0.15) is 64.2 Å². The summed E-state index contributed by atoms with van der Waals surface area (Å²) in [5.41, 5.74) is 2.54. The molecule has 0 amide bonds. The molecule has 2 aromatic rings. The number of hydrogen-bond donors (Lipinski definition) is 2. The van der Waals surface area contributed by atoms with Crippen LogP contribution in [0.15, 0.2) is 36.4 Å². The lowest BCUT2D eigenvalue weighted by Gasteiger charge is -2.22. The minimum Gasteiger partial charge on any atom is -0.385 e. The molecule has 2 aromatic carbocycles. The van der Waals surface area contributed by atoms with E-state index in [0.29, 0.717) is 0 Å². The standard InChI is InChI=1S/C24H34N2/c1-3-7-19(8-4-1)17-25-23-13-11-22-16-24(14-12-21(22)15-23)26-18-20-9-5-2-6-10-20/h11-16,19-20,25-26H,1-10,17-18H2. The maximum absolute atomic E-state index is 3.67. The van der Waals surface area contributed by atoms with Gasteiger partial charge in [0.25, 0.3) is 0 Å². The third-order valence-corrected chi connectivity index (χ3v) is 6.48. The lowest BCUT2D eigenvalue weighted by atomic mass is 9.89. The van der Waals surface area contributed by atoms with Crippen LogP contribution in [0, 0.1) is 11.8 Å². The van der Waals surface area contributed by atoms with E-state index in [1.54, 1.807) is 0 Å². The predicted molar refractivity (Wildman–Crippen MR) is 114 cm³/mol. The molecule has 2 N–H and O–H groups in total. The second-order valence-corrected chi connectivity index (χ2v) is 8.55. The highest BCUT2D eigenvalue weighted by Crippen LogP contribution is 2.27. The summed E-state index contributed by atoms with van der Waals surface area (Å²) in [5, 5.41) is 10.0. The Kier molecular flexibility index (Phi) is 5.99. The van der Waals surface area contributed by atoms with Crippen molar-refractivity contribution in [3.05, 3.63) is 36.4 Å². The van der Waals surface area contributed by atoms with Gasteiger partial charge in [-0.25, -0.2) is 0 Å². The molecule has 2 nitrogen and oxygen atoms in total. The monoisotopic (exact) mass is 350 g/mol. The summed E-state index contributed by atoms with van der Waals surface area (Å²) in [6.07, 6.45) is 14.1. The van der Waals surface area contributed by atoms with Crippen molar-refractivity contribution >= 4 is 22.1 Å². The van der Waals surface area contributed by atoms with Gasteiger partial charge in [-0.2, -0.15) is 0 Å². The molecule has 0 heterocycles. The number of fused-ring (bicyclic) bond motifs is 1. The van der Waals surface area contributed by atoms with Crippen LogP contribution in [0.3, 0.4) is 0 Å². The second-order valence-electron chi connectivity index (χ2n) is 8.55. The molecule has 2 saturated carbocycles. The highest BCUT2D eigenvalue weighted by Gasteiger charge is 2.14. The molecule has 0 aliphatic heterocycles. The van der Waals surface area contributed by atoms with Crippen LogP contribution in [0.25, 0.3) is 10.8 Å². The first-order valence-corrected chi connectivity index (χ1v) is 10.9. The Labute approximate surface area is 158 Å². The largest absolute Gasteiger partial charge is 0.385 e. The van der Waals surface area contributed by atoms with Gasteiger partial charge in [0, 0.05) is 24.5 Å². The van der Waals surface area contributed by atoms with E-state index in [4.69, 9.17) is 0 Å². The molecule has 0 radical (unpaired) electrons.